The minimum absolute atomic E-state index is 0.336. The van der Waals surface area contributed by atoms with Crippen LogP contribution in [-0.4, -0.2) is 12.2 Å². The average molecular weight is 234 g/mol. The highest BCUT2D eigenvalue weighted by atomic mass is 16.5. The van der Waals surface area contributed by atoms with Gasteiger partial charge in [-0.1, -0.05) is 13.0 Å². The second kappa shape index (κ2) is 4.69. The minimum atomic E-state index is -0.336. The van der Waals surface area contributed by atoms with Gasteiger partial charge in [0.05, 0.1) is 13.2 Å². The van der Waals surface area contributed by atoms with Gasteiger partial charge in [0.25, 0.3) is 0 Å². The van der Waals surface area contributed by atoms with Crippen LogP contribution in [0, 0.1) is 19.8 Å². The van der Waals surface area contributed by atoms with E-state index in [4.69, 9.17) is 4.74 Å². The Morgan fingerprint density at radius 1 is 1.35 bits per heavy atom. The van der Waals surface area contributed by atoms with Gasteiger partial charge in [0.15, 0.2) is 0 Å². The Morgan fingerprint density at radius 2 is 2.06 bits per heavy atom. The van der Waals surface area contributed by atoms with Crippen LogP contribution in [0.3, 0.4) is 0 Å². The third-order valence-electron chi connectivity index (χ3n) is 3.91. The molecule has 0 heterocycles. The van der Waals surface area contributed by atoms with Crippen LogP contribution in [0.25, 0.3) is 0 Å². The van der Waals surface area contributed by atoms with Gasteiger partial charge in [-0.2, -0.15) is 0 Å². The molecule has 94 valence electrons. The normalized spacial score (nSPS) is 24.1. The van der Waals surface area contributed by atoms with E-state index < -0.39 is 0 Å². The van der Waals surface area contributed by atoms with Crippen molar-refractivity contribution in [2.45, 2.75) is 46.1 Å². The Kier molecular flexibility index (Phi) is 3.43. The molecule has 1 N–H and O–H groups in total. The van der Waals surface area contributed by atoms with E-state index in [1.54, 1.807) is 7.11 Å². The van der Waals surface area contributed by atoms with Gasteiger partial charge in [0, 0.05) is 0 Å². The van der Waals surface area contributed by atoms with Crippen LogP contribution < -0.4 is 4.74 Å². The zero-order valence-electron chi connectivity index (χ0n) is 11.2. The summed E-state index contributed by atoms with van der Waals surface area (Å²) in [6, 6.07) is 2.18. The first-order valence-electron chi connectivity index (χ1n) is 6.39. The lowest BCUT2D eigenvalue weighted by atomic mass is 9.92. The number of hydrogen-bond acceptors (Lipinski definition) is 2. The molecular weight excluding hydrogens is 212 g/mol. The van der Waals surface area contributed by atoms with Crippen LogP contribution >= 0.6 is 0 Å². The quantitative estimate of drug-likeness (QED) is 0.755. The highest BCUT2D eigenvalue weighted by Gasteiger charge is 2.24. The summed E-state index contributed by atoms with van der Waals surface area (Å²) in [6.45, 7) is 6.35. The van der Waals surface area contributed by atoms with E-state index in [-0.39, 0.29) is 6.10 Å². The fourth-order valence-corrected chi connectivity index (χ4v) is 3.07. The van der Waals surface area contributed by atoms with E-state index in [1.807, 2.05) is 0 Å². The molecule has 0 saturated heterocycles. The SMILES string of the molecule is COc1c(C)cc2c(c1C)C(O)CC(C)CC2. The number of benzene rings is 1. The van der Waals surface area contributed by atoms with Crippen LogP contribution in [0.1, 0.15) is 48.1 Å². The van der Waals surface area contributed by atoms with Gasteiger partial charge >= 0.3 is 0 Å². The highest BCUT2D eigenvalue weighted by Crippen LogP contribution is 2.38. The zero-order valence-corrected chi connectivity index (χ0v) is 11.2. The molecule has 1 aromatic carbocycles. The van der Waals surface area contributed by atoms with Crippen molar-refractivity contribution in [2.24, 2.45) is 5.92 Å². The molecule has 0 spiro atoms. The topological polar surface area (TPSA) is 29.5 Å². The van der Waals surface area contributed by atoms with Gasteiger partial charge < -0.3 is 9.84 Å². The van der Waals surface area contributed by atoms with Crippen LogP contribution in [-0.2, 0) is 6.42 Å². The summed E-state index contributed by atoms with van der Waals surface area (Å²) in [6.07, 6.45) is 2.76. The zero-order chi connectivity index (χ0) is 12.6. The smallest absolute Gasteiger partial charge is 0.125 e. The maximum atomic E-state index is 10.3. The van der Waals surface area contributed by atoms with Crippen molar-refractivity contribution in [1.29, 1.82) is 0 Å². The Hall–Kier alpha value is -1.02. The molecule has 2 atom stereocenters. The Labute approximate surface area is 104 Å². The lowest BCUT2D eigenvalue weighted by molar-refractivity contribution is 0.149. The first-order chi connectivity index (χ1) is 8.04. The summed E-state index contributed by atoms with van der Waals surface area (Å²) in [5.74, 6) is 1.51. The summed E-state index contributed by atoms with van der Waals surface area (Å²) in [4.78, 5) is 0. The number of aliphatic hydroxyl groups is 1. The fraction of sp³-hybridized carbons (Fsp3) is 0.600. The maximum absolute atomic E-state index is 10.3. The van der Waals surface area contributed by atoms with Crippen molar-refractivity contribution in [3.05, 3.63) is 28.3 Å². The molecule has 0 aliphatic heterocycles. The van der Waals surface area contributed by atoms with E-state index in [1.165, 1.54) is 11.1 Å². The predicted molar refractivity (Wildman–Crippen MR) is 69.5 cm³/mol. The standard InChI is InChI=1S/C15H22O2/c1-9-5-6-12-8-10(2)15(17-4)11(3)14(12)13(16)7-9/h8-9,13,16H,5-7H2,1-4H3. The number of rotatable bonds is 1. The molecule has 2 rings (SSSR count). The third-order valence-corrected chi connectivity index (χ3v) is 3.91. The van der Waals surface area contributed by atoms with Gasteiger partial charge in [-0.3, -0.25) is 0 Å². The summed E-state index contributed by atoms with van der Waals surface area (Å²) < 4.78 is 5.45. The number of methoxy groups -OCH3 is 1. The van der Waals surface area contributed by atoms with Crippen LogP contribution in [0.2, 0.25) is 0 Å². The van der Waals surface area contributed by atoms with Crippen molar-refractivity contribution in [1.82, 2.24) is 0 Å². The molecule has 0 bridgehead atoms. The molecule has 2 nitrogen and oxygen atoms in total. The number of hydrogen-bond donors (Lipinski definition) is 1. The van der Waals surface area contributed by atoms with E-state index >= 15 is 0 Å². The first-order valence-corrected chi connectivity index (χ1v) is 6.39. The predicted octanol–water partition coefficient (Wildman–Crippen LogP) is 3.32. The fourth-order valence-electron chi connectivity index (χ4n) is 3.07. The van der Waals surface area contributed by atoms with Crippen molar-refractivity contribution in [3.8, 4) is 5.75 Å². The van der Waals surface area contributed by atoms with Crippen molar-refractivity contribution in [2.75, 3.05) is 7.11 Å². The molecule has 0 radical (unpaired) electrons. The second-order valence-corrected chi connectivity index (χ2v) is 5.32. The molecule has 2 unspecified atom stereocenters. The highest BCUT2D eigenvalue weighted by molar-refractivity contribution is 5.50. The summed E-state index contributed by atoms with van der Waals surface area (Å²) in [5.41, 5.74) is 4.70. The van der Waals surface area contributed by atoms with Crippen LogP contribution in [0.15, 0.2) is 6.07 Å². The minimum Gasteiger partial charge on any atom is -0.496 e. The van der Waals surface area contributed by atoms with Crippen LogP contribution in [0.4, 0.5) is 0 Å². The third kappa shape index (κ3) is 2.19. The molecule has 0 saturated carbocycles. The molecule has 2 heteroatoms. The van der Waals surface area contributed by atoms with Crippen molar-refractivity contribution in [3.63, 3.8) is 0 Å². The first kappa shape index (κ1) is 12.4. The number of ether oxygens (including phenoxy) is 1. The van der Waals surface area contributed by atoms with Gasteiger partial charge in [0.1, 0.15) is 5.75 Å². The van der Waals surface area contributed by atoms with Crippen molar-refractivity contribution < 1.29 is 9.84 Å². The largest absolute Gasteiger partial charge is 0.496 e. The van der Waals surface area contributed by atoms with Gasteiger partial charge in [-0.15, -0.1) is 0 Å². The summed E-state index contributed by atoms with van der Waals surface area (Å²) in [5, 5.41) is 10.3. The number of aryl methyl sites for hydroxylation is 2. The maximum Gasteiger partial charge on any atom is 0.125 e. The van der Waals surface area contributed by atoms with E-state index in [2.05, 4.69) is 26.8 Å². The van der Waals surface area contributed by atoms with Gasteiger partial charge in [-0.25, -0.2) is 0 Å². The Balaban J connectivity index is 2.56. The molecule has 0 fully saturated rings. The molecule has 0 amide bonds. The van der Waals surface area contributed by atoms with E-state index in [0.717, 1.165) is 36.1 Å². The van der Waals surface area contributed by atoms with Crippen molar-refractivity contribution >= 4 is 0 Å². The Bertz CT molecular complexity index is 423. The van der Waals surface area contributed by atoms with E-state index in [9.17, 15) is 5.11 Å². The van der Waals surface area contributed by atoms with Gasteiger partial charge in [-0.05, 0) is 61.3 Å². The average Bonchev–Trinajstić information content (AvgIpc) is 2.38. The number of aliphatic hydroxyl groups excluding tert-OH is 1. The summed E-state index contributed by atoms with van der Waals surface area (Å²) in [7, 11) is 1.70. The molecule has 1 aliphatic rings. The van der Waals surface area contributed by atoms with Crippen LogP contribution in [0.5, 0.6) is 5.75 Å². The van der Waals surface area contributed by atoms with E-state index in [0.29, 0.717) is 5.92 Å². The summed E-state index contributed by atoms with van der Waals surface area (Å²) >= 11 is 0. The molecular formula is C15H22O2. The molecule has 1 aliphatic carbocycles. The monoisotopic (exact) mass is 234 g/mol. The second-order valence-electron chi connectivity index (χ2n) is 5.32. The lowest BCUT2D eigenvalue weighted by Gasteiger charge is -2.20. The molecule has 0 aromatic heterocycles. The number of fused-ring (bicyclic) bond motifs is 1. The molecule has 17 heavy (non-hydrogen) atoms. The van der Waals surface area contributed by atoms with Gasteiger partial charge in [0.2, 0.25) is 0 Å². The Morgan fingerprint density at radius 3 is 2.71 bits per heavy atom. The lowest BCUT2D eigenvalue weighted by Crippen LogP contribution is -2.06. The molecule has 1 aromatic rings.